The molecule has 0 saturated heterocycles. The van der Waals surface area contributed by atoms with Crippen molar-refractivity contribution in [1.82, 2.24) is 5.32 Å². The molecule has 20 heavy (non-hydrogen) atoms. The highest BCUT2D eigenvalue weighted by atomic mass is 19.1. The summed E-state index contributed by atoms with van der Waals surface area (Å²) in [6.07, 6.45) is 2.58. The van der Waals surface area contributed by atoms with Crippen LogP contribution in [0.4, 0.5) is 4.39 Å². The maximum atomic E-state index is 13.6. The summed E-state index contributed by atoms with van der Waals surface area (Å²) in [5.74, 6) is -0.463. The highest BCUT2D eigenvalue weighted by molar-refractivity contribution is 5.81. The number of halogens is 1. The second-order valence-corrected chi connectivity index (χ2v) is 4.87. The zero-order chi connectivity index (χ0) is 15.1. The first-order chi connectivity index (χ1) is 9.49. The van der Waals surface area contributed by atoms with Crippen molar-refractivity contribution in [3.8, 4) is 5.75 Å². The Balaban J connectivity index is 2.64. The zero-order valence-corrected chi connectivity index (χ0v) is 12.3. The lowest BCUT2D eigenvalue weighted by Crippen LogP contribution is -2.41. The van der Waals surface area contributed by atoms with E-state index in [1.165, 1.54) is 13.2 Å². The minimum absolute atomic E-state index is 0.187. The van der Waals surface area contributed by atoms with Gasteiger partial charge in [0.25, 0.3) is 0 Å². The average molecular weight is 282 g/mol. The van der Waals surface area contributed by atoms with E-state index in [-0.39, 0.29) is 17.7 Å². The standard InChI is InChI=1S/C15H23FN2O2/c1-4-5-6-13(17)15(19)18-10(2)11-7-8-14(20-3)12(16)9-11/h7-10,13H,4-6,17H2,1-3H3,(H,18,19)/t10?,13-/m0/s1. The van der Waals surface area contributed by atoms with Crippen molar-refractivity contribution in [2.45, 2.75) is 45.2 Å². The molecule has 3 N–H and O–H groups in total. The second kappa shape index (κ2) is 7.85. The molecule has 0 aliphatic carbocycles. The van der Waals surface area contributed by atoms with Gasteiger partial charge in [-0.15, -0.1) is 0 Å². The summed E-state index contributed by atoms with van der Waals surface area (Å²) in [4.78, 5) is 11.9. The molecule has 0 heterocycles. The van der Waals surface area contributed by atoms with Crippen LogP contribution in [0.1, 0.15) is 44.7 Å². The van der Waals surface area contributed by atoms with Crippen molar-refractivity contribution < 1.29 is 13.9 Å². The van der Waals surface area contributed by atoms with Crippen molar-refractivity contribution in [1.29, 1.82) is 0 Å². The molecular formula is C15H23FN2O2. The first-order valence-electron chi connectivity index (χ1n) is 6.89. The number of unbranched alkanes of at least 4 members (excludes halogenated alkanes) is 1. The Morgan fingerprint density at radius 2 is 2.20 bits per heavy atom. The number of carbonyl (C=O) groups excluding carboxylic acids is 1. The van der Waals surface area contributed by atoms with Gasteiger partial charge in [-0.25, -0.2) is 4.39 Å². The fourth-order valence-corrected chi connectivity index (χ4v) is 1.91. The molecular weight excluding hydrogens is 259 g/mol. The molecule has 2 atom stereocenters. The summed E-state index contributed by atoms with van der Waals surface area (Å²) in [6.45, 7) is 3.85. The lowest BCUT2D eigenvalue weighted by molar-refractivity contribution is -0.123. The van der Waals surface area contributed by atoms with E-state index in [4.69, 9.17) is 10.5 Å². The molecule has 112 valence electrons. The number of hydrogen-bond acceptors (Lipinski definition) is 3. The van der Waals surface area contributed by atoms with Crippen molar-refractivity contribution in [3.05, 3.63) is 29.6 Å². The highest BCUT2D eigenvalue weighted by Gasteiger charge is 2.17. The number of benzene rings is 1. The Bertz CT molecular complexity index is 451. The first kappa shape index (κ1) is 16.4. The number of hydrogen-bond donors (Lipinski definition) is 2. The van der Waals surface area contributed by atoms with Crippen molar-refractivity contribution >= 4 is 5.91 Å². The van der Waals surface area contributed by atoms with Gasteiger partial charge < -0.3 is 15.8 Å². The van der Waals surface area contributed by atoms with E-state index < -0.39 is 11.9 Å². The molecule has 1 aromatic carbocycles. The van der Waals surface area contributed by atoms with Crippen LogP contribution in [-0.4, -0.2) is 19.1 Å². The van der Waals surface area contributed by atoms with E-state index in [2.05, 4.69) is 5.32 Å². The number of amides is 1. The van der Waals surface area contributed by atoms with Gasteiger partial charge >= 0.3 is 0 Å². The maximum absolute atomic E-state index is 13.6. The lowest BCUT2D eigenvalue weighted by atomic mass is 10.1. The quantitative estimate of drug-likeness (QED) is 0.807. The fourth-order valence-electron chi connectivity index (χ4n) is 1.91. The Hall–Kier alpha value is -1.62. The second-order valence-electron chi connectivity index (χ2n) is 4.87. The minimum Gasteiger partial charge on any atom is -0.494 e. The van der Waals surface area contributed by atoms with Crippen LogP contribution < -0.4 is 15.8 Å². The van der Waals surface area contributed by atoms with Crippen molar-refractivity contribution in [3.63, 3.8) is 0 Å². The number of nitrogens with one attached hydrogen (secondary N) is 1. The maximum Gasteiger partial charge on any atom is 0.237 e. The largest absolute Gasteiger partial charge is 0.494 e. The predicted octanol–water partition coefficient (Wildman–Crippen LogP) is 2.53. The molecule has 0 fully saturated rings. The van der Waals surface area contributed by atoms with Crippen LogP contribution in [-0.2, 0) is 4.79 Å². The van der Waals surface area contributed by atoms with Crippen LogP contribution in [0.2, 0.25) is 0 Å². The molecule has 1 unspecified atom stereocenters. The third-order valence-electron chi connectivity index (χ3n) is 3.24. The van der Waals surface area contributed by atoms with Crippen LogP contribution >= 0.6 is 0 Å². The van der Waals surface area contributed by atoms with Crippen LogP contribution in [0.25, 0.3) is 0 Å². The highest BCUT2D eigenvalue weighted by Crippen LogP contribution is 2.21. The van der Waals surface area contributed by atoms with E-state index in [1.54, 1.807) is 19.1 Å². The number of ether oxygens (including phenoxy) is 1. The topological polar surface area (TPSA) is 64.4 Å². The summed E-state index contributed by atoms with van der Waals surface area (Å²) in [6, 6.07) is 3.83. The Kier molecular flexibility index (Phi) is 6.45. The van der Waals surface area contributed by atoms with Crippen molar-refractivity contribution in [2.75, 3.05) is 7.11 Å². The van der Waals surface area contributed by atoms with Crippen LogP contribution in [0.15, 0.2) is 18.2 Å². The molecule has 0 spiro atoms. The number of nitrogens with two attached hydrogens (primary N) is 1. The van der Waals surface area contributed by atoms with E-state index in [0.29, 0.717) is 12.0 Å². The smallest absolute Gasteiger partial charge is 0.237 e. The predicted molar refractivity (Wildman–Crippen MR) is 77.0 cm³/mol. The number of carbonyl (C=O) groups is 1. The summed E-state index contributed by atoms with van der Waals surface area (Å²) >= 11 is 0. The van der Waals surface area contributed by atoms with Gasteiger partial charge in [-0.05, 0) is 31.0 Å². The molecule has 1 aromatic rings. The average Bonchev–Trinajstić information content (AvgIpc) is 2.44. The van der Waals surface area contributed by atoms with Gasteiger partial charge in [-0.2, -0.15) is 0 Å². The lowest BCUT2D eigenvalue weighted by Gasteiger charge is -2.18. The van der Waals surface area contributed by atoms with Gasteiger partial charge in [-0.1, -0.05) is 25.8 Å². The first-order valence-corrected chi connectivity index (χ1v) is 6.89. The van der Waals surface area contributed by atoms with Crippen LogP contribution in [0, 0.1) is 5.82 Å². The van der Waals surface area contributed by atoms with Gasteiger partial charge in [0, 0.05) is 0 Å². The molecule has 0 saturated carbocycles. The Morgan fingerprint density at radius 1 is 1.50 bits per heavy atom. The number of methoxy groups -OCH3 is 1. The third-order valence-corrected chi connectivity index (χ3v) is 3.24. The van der Waals surface area contributed by atoms with Crippen LogP contribution in [0.3, 0.4) is 0 Å². The van der Waals surface area contributed by atoms with Gasteiger partial charge in [0.15, 0.2) is 11.6 Å². The van der Waals surface area contributed by atoms with Gasteiger partial charge in [0.05, 0.1) is 19.2 Å². The van der Waals surface area contributed by atoms with Crippen LogP contribution in [0.5, 0.6) is 5.75 Å². The van der Waals surface area contributed by atoms with E-state index in [9.17, 15) is 9.18 Å². The summed E-state index contributed by atoms with van der Waals surface area (Å²) in [5, 5.41) is 2.80. The molecule has 0 aliphatic heterocycles. The summed E-state index contributed by atoms with van der Waals surface area (Å²) in [7, 11) is 1.41. The van der Waals surface area contributed by atoms with E-state index in [1.807, 2.05) is 6.92 Å². The zero-order valence-electron chi connectivity index (χ0n) is 12.3. The molecule has 1 rings (SSSR count). The fraction of sp³-hybridized carbons (Fsp3) is 0.533. The van der Waals surface area contributed by atoms with Gasteiger partial charge in [-0.3, -0.25) is 4.79 Å². The third kappa shape index (κ3) is 4.49. The molecule has 4 nitrogen and oxygen atoms in total. The van der Waals surface area contributed by atoms with Crippen molar-refractivity contribution in [2.24, 2.45) is 5.73 Å². The number of rotatable bonds is 7. The molecule has 0 radical (unpaired) electrons. The molecule has 1 amide bonds. The Labute approximate surface area is 119 Å². The minimum atomic E-state index is -0.513. The normalized spacial score (nSPS) is 13.7. The molecule has 0 bridgehead atoms. The van der Waals surface area contributed by atoms with E-state index >= 15 is 0 Å². The van der Waals surface area contributed by atoms with E-state index in [0.717, 1.165) is 12.8 Å². The molecule has 0 aromatic heterocycles. The van der Waals surface area contributed by atoms with Gasteiger partial charge in [0.1, 0.15) is 0 Å². The summed E-state index contributed by atoms with van der Waals surface area (Å²) < 4.78 is 18.5. The monoisotopic (exact) mass is 282 g/mol. The Morgan fingerprint density at radius 3 is 2.75 bits per heavy atom. The molecule has 0 aliphatic rings. The van der Waals surface area contributed by atoms with Gasteiger partial charge in [0.2, 0.25) is 5.91 Å². The summed E-state index contributed by atoms with van der Waals surface area (Å²) in [5.41, 5.74) is 6.48. The molecule has 5 heteroatoms. The SMILES string of the molecule is CCCC[C@H](N)C(=O)NC(C)c1ccc(OC)c(F)c1.